The first-order chi connectivity index (χ1) is 8.76. The second-order valence-corrected chi connectivity index (χ2v) is 4.61. The molecule has 1 fully saturated rings. The number of piperazine rings is 1. The number of hydrogen-bond acceptors (Lipinski definition) is 4. The predicted molar refractivity (Wildman–Crippen MR) is 72.4 cm³/mol. The average molecular weight is 250 g/mol. The lowest BCUT2D eigenvalue weighted by Crippen LogP contribution is -2.42. The number of benzene rings is 1. The van der Waals surface area contributed by atoms with Gasteiger partial charge in [-0.15, -0.1) is 0 Å². The van der Waals surface area contributed by atoms with Gasteiger partial charge in [0.05, 0.1) is 14.2 Å². The molecule has 0 unspecified atom stereocenters. The molecule has 4 heteroatoms. The van der Waals surface area contributed by atoms with Crippen LogP contribution < -0.4 is 14.8 Å². The zero-order chi connectivity index (χ0) is 13.0. The highest BCUT2D eigenvalue weighted by atomic mass is 16.5. The molecule has 1 aromatic rings. The molecule has 0 amide bonds. The fourth-order valence-electron chi connectivity index (χ4n) is 2.47. The van der Waals surface area contributed by atoms with E-state index >= 15 is 0 Å². The molecule has 0 aromatic heterocycles. The van der Waals surface area contributed by atoms with Crippen molar-refractivity contribution in [2.75, 3.05) is 40.4 Å². The molecule has 0 radical (unpaired) electrons. The van der Waals surface area contributed by atoms with E-state index in [0.29, 0.717) is 0 Å². The van der Waals surface area contributed by atoms with E-state index in [1.54, 1.807) is 14.2 Å². The third-order valence-electron chi connectivity index (χ3n) is 3.47. The van der Waals surface area contributed by atoms with Crippen LogP contribution in [0.2, 0.25) is 0 Å². The topological polar surface area (TPSA) is 33.7 Å². The van der Waals surface area contributed by atoms with Gasteiger partial charge in [0, 0.05) is 43.9 Å². The summed E-state index contributed by atoms with van der Waals surface area (Å²) in [6.45, 7) is 7.30. The van der Waals surface area contributed by atoms with Crippen LogP contribution in [0.3, 0.4) is 0 Å². The van der Waals surface area contributed by atoms with Crippen molar-refractivity contribution in [1.29, 1.82) is 0 Å². The van der Waals surface area contributed by atoms with E-state index in [4.69, 9.17) is 9.47 Å². The number of hydrogen-bond donors (Lipinski definition) is 1. The molecular weight excluding hydrogens is 228 g/mol. The van der Waals surface area contributed by atoms with Gasteiger partial charge in [0.25, 0.3) is 0 Å². The Morgan fingerprint density at radius 2 is 1.89 bits per heavy atom. The Hall–Kier alpha value is -1.26. The summed E-state index contributed by atoms with van der Waals surface area (Å²) in [6, 6.07) is 4.13. The van der Waals surface area contributed by atoms with Crippen molar-refractivity contribution >= 4 is 0 Å². The predicted octanol–water partition coefficient (Wildman–Crippen LogP) is 1.42. The third-order valence-corrected chi connectivity index (χ3v) is 3.47. The van der Waals surface area contributed by atoms with Gasteiger partial charge >= 0.3 is 0 Å². The maximum Gasteiger partial charge on any atom is 0.129 e. The SMILES string of the molecule is COc1ccc(CN2CCNCC2)c(OC)c1C. The second kappa shape index (κ2) is 6.07. The summed E-state index contributed by atoms with van der Waals surface area (Å²) in [5, 5.41) is 3.37. The first-order valence-electron chi connectivity index (χ1n) is 6.39. The number of methoxy groups -OCH3 is 2. The molecule has 1 heterocycles. The minimum absolute atomic E-state index is 0.885. The Morgan fingerprint density at radius 3 is 2.50 bits per heavy atom. The Balaban J connectivity index is 2.18. The quantitative estimate of drug-likeness (QED) is 0.876. The molecule has 0 spiro atoms. The molecule has 0 aliphatic carbocycles. The van der Waals surface area contributed by atoms with Gasteiger partial charge in [-0.25, -0.2) is 0 Å². The summed E-state index contributed by atoms with van der Waals surface area (Å²) in [5.41, 5.74) is 2.31. The maximum absolute atomic E-state index is 5.54. The van der Waals surface area contributed by atoms with E-state index in [2.05, 4.69) is 16.3 Å². The smallest absolute Gasteiger partial charge is 0.129 e. The van der Waals surface area contributed by atoms with Gasteiger partial charge in [0.1, 0.15) is 11.5 Å². The molecule has 1 saturated heterocycles. The van der Waals surface area contributed by atoms with Crippen LogP contribution in [0, 0.1) is 6.92 Å². The molecule has 0 bridgehead atoms. The zero-order valence-corrected chi connectivity index (χ0v) is 11.5. The lowest BCUT2D eigenvalue weighted by atomic mass is 10.1. The minimum Gasteiger partial charge on any atom is -0.496 e. The molecule has 1 N–H and O–H groups in total. The summed E-state index contributed by atoms with van der Waals surface area (Å²) < 4.78 is 10.9. The van der Waals surface area contributed by atoms with Crippen LogP contribution in [-0.4, -0.2) is 45.3 Å². The lowest BCUT2D eigenvalue weighted by Gasteiger charge is -2.28. The van der Waals surface area contributed by atoms with E-state index in [9.17, 15) is 0 Å². The summed E-state index contributed by atoms with van der Waals surface area (Å²) in [7, 11) is 3.42. The van der Waals surface area contributed by atoms with Crippen molar-refractivity contribution in [3.8, 4) is 11.5 Å². The molecule has 2 rings (SSSR count). The average Bonchev–Trinajstić information content (AvgIpc) is 2.40. The highest BCUT2D eigenvalue weighted by molar-refractivity contribution is 5.49. The molecule has 4 nitrogen and oxygen atoms in total. The monoisotopic (exact) mass is 250 g/mol. The molecular formula is C14H22N2O2. The van der Waals surface area contributed by atoms with Gasteiger partial charge in [0.2, 0.25) is 0 Å². The molecule has 18 heavy (non-hydrogen) atoms. The number of nitrogens with one attached hydrogen (secondary N) is 1. The van der Waals surface area contributed by atoms with Gasteiger partial charge < -0.3 is 14.8 Å². The molecule has 1 aromatic carbocycles. The molecule has 100 valence electrons. The van der Waals surface area contributed by atoms with Crippen LogP contribution in [0.25, 0.3) is 0 Å². The fourth-order valence-corrected chi connectivity index (χ4v) is 2.47. The van der Waals surface area contributed by atoms with Crippen molar-refractivity contribution in [2.24, 2.45) is 0 Å². The van der Waals surface area contributed by atoms with Crippen LogP contribution in [0.4, 0.5) is 0 Å². The molecule has 0 atom stereocenters. The summed E-state index contributed by atoms with van der Waals surface area (Å²) in [5.74, 6) is 1.84. The van der Waals surface area contributed by atoms with Crippen LogP contribution in [0.1, 0.15) is 11.1 Å². The van der Waals surface area contributed by atoms with Crippen molar-refractivity contribution in [2.45, 2.75) is 13.5 Å². The Kier molecular flexibility index (Phi) is 4.44. The van der Waals surface area contributed by atoms with Crippen molar-refractivity contribution < 1.29 is 9.47 Å². The standard InChI is InChI=1S/C14H22N2O2/c1-11-13(17-2)5-4-12(14(11)18-3)10-16-8-6-15-7-9-16/h4-5,15H,6-10H2,1-3H3. The van der Waals surface area contributed by atoms with Crippen molar-refractivity contribution in [3.63, 3.8) is 0 Å². The largest absolute Gasteiger partial charge is 0.496 e. The van der Waals surface area contributed by atoms with Gasteiger partial charge in [-0.3, -0.25) is 4.90 Å². The van der Waals surface area contributed by atoms with Crippen LogP contribution in [-0.2, 0) is 6.54 Å². The number of rotatable bonds is 4. The Bertz CT molecular complexity index is 401. The van der Waals surface area contributed by atoms with Crippen molar-refractivity contribution in [1.82, 2.24) is 10.2 Å². The van der Waals surface area contributed by atoms with Gasteiger partial charge in [-0.1, -0.05) is 6.07 Å². The summed E-state index contributed by atoms with van der Waals surface area (Å²) >= 11 is 0. The number of ether oxygens (including phenoxy) is 2. The second-order valence-electron chi connectivity index (χ2n) is 4.61. The zero-order valence-electron chi connectivity index (χ0n) is 11.5. The maximum atomic E-state index is 5.54. The minimum atomic E-state index is 0.885. The van der Waals surface area contributed by atoms with E-state index in [1.165, 1.54) is 5.56 Å². The summed E-state index contributed by atoms with van der Waals surface area (Å²) in [4.78, 5) is 2.44. The highest BCUT2D eigenvalue weighted by Gasteiger charge is 2.15. The van der Waals surface area contributed by atoms with Gasteiger partial charge in [-0.2, -0.15) is 0 Å². The van der Waals surface area contributed by atoms with Crippen LogP contribution in [0.15, 0.2) is 12.1 Å². The third kappa shape index (κ3) is 2.76. The first-order valence-corrected chi connectivity index (χ1v) is 6.39. The highest BCUT2D eigenvalue weighted by Crippen LogP contribution is 2.31. The lowest BCUT2D eigenvalue weighted by molar-refractivity contribution is 0.230. The fraction of sp³-hybridized carbons (Fsp3) is 0.571. The van der Waals surface area contributed by atoms with Gasteiger partial charge in [0.15, 0.2) is 0 Å². The van der Waals surface area contributed by atoms with E-state index in [-0.39, 0.29) is 0 Å². The molecule has 1 aliphatic heterocycles. The molecule has 1 aliphatic rings. The van der Waals surface area contributed by atoms with Crippen LogP contribution in [0.5, 0.6) is 11.5 Å². The van der Waals surface area contributed by atoms with Crippen LogP contribution >= 0.6 is 0 Å². The van der Waals surface area contributed by atoms with Gasteiger partial charge in [-0.05, 0) is 13.0 Å². The van der Waals surface area contributed by atoms with E-state index in [1.807, 2.05) is 13.0 Å². The Morgan fingerprint density at radius 1 is 1.17 bits per heavy atom. The Labute approximate surface area is 109 Å². The summed E-state index contributed by atoms with van der Waals surface area (Å²) in [6.07, 6.45) is 0. The van der Waals surface area contributed by atoms with E-state index < -0.39 is 0 Å². The number of nitrogens with zero attached hydrogens (tertiary/aromatic N) is 1. The normalized spacial score (nSPS) is 16.6. The first kappa shape index (κ1) is 13.2. The van der Waals surface area contributed by atoms with Crippen molar-refractivity contribution in [3.05, 3.63) is 23.3 Å². The van der Waals surface area contributed by atoms with E-state index in [0.717, 1.165) is 49.8 Å². The molecule has 0 saturated carbocycles.